The normalized spacial score (nSPS) is 11.2. The Morgan fingerprint density at radius 3 is 2.42 bits per heavy atom. The van der Waals surface area contributed by atoms with Crippen molar-refractivity contribution in [3.8, 4) is 5.75 Å². The lowest BCUT2D eigenvalue weighted by Gasteiger charge is -2.12. The molecule has 6 nitrogen and oxygen atoms in total. The number of pyridine rings is 1. The molecule has 0 aliphatic heterocycles. The van der Waals surface area contributed by atoms with Gasteiger partial charge in [-0.25, -0.2) is 4.99 Å². The van der Waals surface area contributed by atoms with E-state index in [1.165, 1.54) is 0 Å². The Morgan fingerprint density at radius 2 is 1.68 bits per heavy atom. The van der Waals surface area contributed by atoms with Gasteiger partial charge >= 0.3 is 0 Å². The number of rotatable bonds is 10. The molecular formula is C25H30N4O2. The molecule has 0 saturated heterocycles. The third kappa shape index (κ3) is 7.66. The van der Waals surface area contributed by atoms with Crippen molar-refractivity contribution in [3.63, 3.8) is 0 Å². The second kappa shape index (κ2) is 12.2. The van der Waals surface area contributed by atoms with E-state index in [-0.39, 0.29) is 5.56 Å². The van der Waals surface area contributed by atoms with Gasteiger partial charge in [0.2, 0.25) is 0 Å². The third-order valence-electron chi connectivity index (χ3n) is 4.66. The second-order valence-corrected chi connectivity index (χ2v) is 7.12. The molecule has 0 amide bonds. The van der Waals surface area contributed by atoms with Crippen molar-refractivity contribution in [2.45, 2.75) is 26.4 Å². The van der Waals surface area contributed by atoms with Crippen molar-refractivity contribution in [1.29, 1.82) is 0 Å². The predicted molar refractivity (Wildman–Crippen MR) is 126 cm³/mol. The third-order valence-corrected chi connectivity index (χ3v) is 4.66. The summed E-state index contributed by atoms with van der Waals surface area (Å²) in [5, 5.41) is 6.62. The van der Waals surface area contributed by atoms with Crippen molar-refractivity contribution in [1.82, 2.24) is 15.2 Å². The van der Waals surface area contributed by atoms with Crippen molar-refractivity contribution in [2.24, 2.45) is 4.99 Å². The van der Waals surface area contributed by atoms with E-state index in [0.29, 0.717) is 19.7 Å². The fourth-order valence-corrected chi connectivity index (χ4v) is 3.04. The molecule has 0 bridgehead atoms. The van der Waals surface area contributed by atoms with Crippen LogP contribution in [0.4, 0.5) is 0 Å². The molecule has 0 unspecified atom stereocenters. The molecule has 3 rings (SSSR count). The zero-order valence-corrected chi connectivity index (χ0v) is 18.0. The van der Waals surface area contributed by atoms with Gasteiger partial charge in [-0.15, -0.1) is 0 Å². The molecule has 0 fully saturated rings. The number of hydrogen-bond donors (Lipinski definition) is 2. The predicted octanol–water partition coefficient (Wildman–Crippen LogP) is 3.42. The number of hydrogen-bond acceptors (Lipinski definition) is 3. The van der Waals surface area contributed by atoms with Gasteiger partial charge in [-0.2, -0.15) is 0 Å². The van der Waals surface area contributed by atoms with E-state index in [9.17, 15) is 4.79 Å². The molecule has 2 aromatic carbocycles. The highest BCUT2D eigenvalue weighted by Crippen LogP contribution is 2.08. The molecule has 0 saturated carbocycles. The van der Waals surface area contributed by atoms with Crippen LogP contribution in [-0.2, 0) is 13.1 Å². The molecule has 0 aliphatic rings. The summed E-state index contributed by atoms with van der Waals surface area (Å²) < 4.78 is 7.41. The molecule has 0 aliphatic carbocycles. The Bertz CT molecular complexity index is 998. The highest BCUT2D eigenvalue weighted by molar-refractivity contribution is 5.79. The van der Waals surface area contributed by atoms with Gasteiger partial charge in [-0.1, -0.05) is 48.5 Å². The zero-order chi connectivity index (χ0) is 21.7. The Hall–Kier alpha value is -3.54. The number of aromatic nitrogens is 1. The summed E-state index contributed by atoms with van der Waals surface area (Å²) in [6, 6.07) is 23.3. The molecule has 1 heterocycles. The van der Waals surface area contributed by atoms with E-state index in [4.69, 9.17) is 4.74 Å². The van der Waals surface area contributed by atoms with Crippen molar-refractivity contribution >= 4 is 5.96 Å². The summed E-state index contributed by atoms with van der Waals surface area (Å²) in [5.74, 6) is 1.69. The number of benzene rings is 2. The van der Waals surface area contributed by atoms with Gasteiger partial charge in [0, 0.05) is 25.4 Å². The number of ether oxygens (including phenoxy) is 1. The number of nitrogens with one attached hydrogen (secondary N) is 2. The van der Waals surface area contributed by atoms with E-state index in [1.54, 1.807) is 22.9 Å². The van der Waals surface area contributed by atoms with Crippen LogP contribution >= 0.6 is 0 Å². The fourth-order valence-electron chi connectivity index (χ4n) is 3.04. The summed E-state index contributed by atoms with van der Waals surface area (Å²) in [6.07, 6.45) is 2.69. The maximum absolute atomic E-state index is 11.9. The zero-order valence-electron chi connectivity index (χ0n) is 18.0. The fraction of sp³-hybridized carbons (Fsp3) is 0.280. The highest BCUT2D eigenvalue weighted by atomic mass is 16.5. The van der Waals surface area contributed by atoms with E-state index in [0.717, 1.165) is 42.3 Å². The van der Waals surface area contributed by atoms with Crippen LogP contribution in [0.3, 0.4) is 0 Å². The first-order valence-corrected chi connectivity index (χ1v) is 10.7. The van der Waals surface area contributed by atoms with Gasteiger partial charge in [0.25, 0.3) is 5.56 Å². The lowest BCUT2D eigenvalue weighted by atomic mass is 10.1. The lowest BCUT2D eigenvalue weighted by Crippen LogP contribution is -2.38. The van der Waals surface area contributed by atoms with Crippen LogP contribution in [0.15, 0.2) is 88.8 Å². The average molecular weight is 419 g/mol. The Kier molecular flexibility index (Phi) is 8.73. The smallest absolute Gasteiger partial charge is 0.250 e. The molecule has 2 N–H and O–H groups in total. The number of nitrogens with zero attached hydrogens (tertiary/aromatic N) is 2. The van der Waals surface area contributed by atoms with Crippen LogP contribution in [-0.4, -0.2) is 30.2 Å². The van der Waals surface area contributed by atoms with Gasteiger partial charge in [-0.3, -0.25) is 4.79 Å². The van der Waals surface area contributed by atoms with Crippen LogP contribution in [0.25, 0.3) is 0 Å². The highest BCUT2D eigenvalue weighted by Gasteiger charge is 2.00. The second-order valence-electron chi connectivity index (χ2n) is 7.12. The molecular weight excluding hydrogens is 388 g/mol. The van der Waals surface area contributed by atoms with Crippen LogP contribution in [0.5, 0.6) is 5.75 Å². The van der Waals surface area contributed by atoms with Crippen LogP contribution < -0.4 is 20.9 Å². The molecule has 6 heteroatoms. The summed E-state index contributed by atoms with van der Waals surface area (Å²) in [4.78, 5) is 16.5. The van der Waals surface area contributed by atoms with Gasteiger partial charge in [0.05, 0.1) is 19.7 Å². The van der Waals surface area contributed by atoms with Crippen molar-refractivity contribution < 1.29 is 4.74 Å². The SMILES string of the molecule is CCNC(=NCc1ccc(Cn2ccccc2=O)cc1)NCCCOc1ccccc1. The van der Waals surface area contributed by atoms with Crippen LogP contribution in [0.1, 0.15) is 24.5 Å². The summed E-state index contributed by atoms with van der Waals surface area (Å²) in [5.41, 5.74) is 2.21. The van der Waals surface area contributed by atoms with E-state index in [1.807, 2.05) is 48.5 Å². The molecule has 0 radical (unpaired) electrons. The first kappa shape index (κ1) is 22.2. The van der Waals surface area contributed by atoms with E-state index >= 15 is 0 Å². The topological polar surface area (TPSA) is 67.7 Å². The van der Waals surface area contributed by atoms with Gasteiger partial charge < -0.3 is 19.9 Å². The standard InChI is InChI=1S/C25H30N4O2/c1-2-26-25(27-16-8-18-31-23-9-4-3-5-10-23)28-19-21-12-14-22(15-13-21)20-29-17-7-6-11-24(29)30/h3-7,9-15,17H,2,8,16,18-20H2,1H3,(H2,26,27,28). The minimum absolute atomic E-state index is 0.00620. The summed E-state index contributed by atoms with van der Waals surface area (Å²) in [7, 11) is 0. The first-order chi connectivity index (χ1) is 15.2. The minimum atomic E-state index is 0.00620. The molecule has 31 heavy (non-hydrogen) atoms. The Balaban J connectivity index is 1.45. The molecule has 1 aromatic heterocycles. The van der Waals surface area contributed by atoms with Crippen molar-refractivity contribution in [3.05, 3.63) is 100 Å². The minimum Gasteiger partial charge on any atom is -0.494 e. The van der Waals surface area contributed by atoms with Gasteiger partial charge in [-0.05, 0) is 42.7 Å². The Morgan fingerprint density at radius 1 is 0.935 bits per heavy atom. The molecule has 162 valence electrons. The number of aliphatic imine (C=N–C) groups is 1. The van der Waals surface area contributed by atoms with E-state index in [2.05, 4.69) is 34.7 Å². The quantitative estimate of drug-likeness (QED) is 0.301. The van der Waals surface area contributed by atoms with Gasteiger partial charge in [0.15, 0.2) is 5.96 Å². The van der Waals surface area contributed by atoms with Crippen LogP contribution in [0.2, 0.25) is 0 Å². The number of guanidine groups is 1. The maximum atomic E-state index is 11.9. The Labute approximate surface area is 183 Å². The monoisotopic (exact) mass is 418 g/mol. The lowest BCUT2D eigenvalue weighted by molar-refractivity contribution is 0.311. The average Bonchev–Trinajstić information content (AvgIpc) is 2.80. The van der Waals surface area contributed by atoms with Gasteiger partial charge in [0.1, 0.15) is 5.75 Å². The molecule has 3 aromatic rings. The van der Waals surface area contributed by atoms with Crippen LogP contribution in [0, 0.1) is 0 Å². The maximum Gasteiger partial charge on any atom is 0.250 e. The summed E-state index contributed by atoms with van der Waals surface area (Å²) >= 11 is 0. The molecule has 0 atom stereocenters. The molecule has 0 spiro atoms. The summed E-state index contributed by atoms with van der Waals surface area (Å²) in [6.45, 7) is 5.44. The van der Waals surface area contributed by atoms with Crippen molar-refractivity contribution in [2.75, 3.05) is 19.7 Å². The largest absolute Gasteiger partial charge is 0.494 e. The van der Waals surface area contributed by atoms with E-state index < -0.39 is 0 Å². The first-order valence-electron chi connectivity index (χ1n) is 10.7. The number of para-hydroxylation sites is 1.